The van der Waals surface area contributed by atoms with Crippen LogP contribution in [-0.4, -0.2) is 16.6 Å². The van der Waals surface area contributed by atoms with E-state index < -0.39 is 0 Å². The number of aromatic nitrogens is 2. The van der Waals surface area contributed by atoms with Crippen LogP contribution >= 0.6 is 11.6 Å². The normalized spacial score (nSPS) is 10.3. The maximum absolute atomic E-state index is 5.94. The molecule has 0 atom stereocenters. The maximum atomic E-state index is 5.94. The van der Waals surface area contributed by atoms with Gasteiger partial charge in [0.2, 0.25) is 11.8 Å². The van der Waals surface area contributed by atoms with E-state index in [0.29, 0.717) is 25.0 Å². The first kappa shape index (κ1) is 13.6. The monoisotopic (exact) mass is 277 g/mol. The van der Waals surface area contributed by atoms with Crippen molar-refractivity contribution in [2.24, 2.45) is 0 Å². The summed E-state index contributed by atoms with van der Waals surface area (Å²) in [6.07, 6.45) is 0. The second kappa shape index (κ2) is 6.38. The summed E-state index contributed by atoms with van der Waals surface area (Å²) in [5, 5.41) is 3.89. The molecular weight excluding hydrogens is 262 g/mol. The third-order valence-corrected chi connectivity index (χ3v) is 2.70. The van der Waals surface area contributed by atoms with E-state index in [1.165, 1.54) is 0 Å². The number of hydrogen-bond acceptors (Lipinski definition) is 4. The zero-order chi connectivity index (χ0) is 13.7. The lowest BCUT2D eigenvalue weighted by atomic mass is 10.2. The van der Waals surface area contributed by atoms with Crippen molar-refractivity contribution in [1.29, 1.82) is 0 Å². The van der Waals surface area contributed by atoms with Gasteiger partial charge in [0.25, 0.3) is 0 Å². The van der Waals surface area contributed by atoms with Gasteiger partial charge in [-0.25, -0.2) is 4.98 Å². The number of anilines is 1. The van der Waals surface area contributed by atoms with Crippen LogP contribution in [0.4, 0.5) is 5.95 Å². The van der Waals surface area contributed by atoms with Crippen LogP contribution in [0, 0.1) is 6.92 Å². The van der Waals surface area contributed by atoms with Gasteiger partial charge >= 0.3 is 0 Å². The van der Waals surface area contributed by atoms with Crippen molar-refractivity contribution in [3.63, 3.8) is 0 Å². The van der Waals surface area contributed by atoms with Crippen molar-refractivity contribution < 1.29 is 4.74 Å². The molecule has 1 N–H and O–H groups in total. The summed E-state index contributed by atoms with van der Waals surface area (Å²) >= 11 is 5.94. The Balaban J connectivity index is 2.06. The van der Waals surface area contributed by atoms with Gasteiger partial charge in [0, 0.05) is 23.3 Å². The third kappa shape index (κ3) is 4.10. The van der Waals surface area contributed by atoms with E-state index in [9.17, 15) is 0 Å². The highest BCUT2D eigenvalue weighted by molar-refractivity contribution is 6.30. The van der Waals surface area contributed by atoms with E-state index in [1.54, 1.807) is 0 Å². The van der Waals surface area contributed by atoms with Crippen LogP contribution in [0.25, 0.3) is 0 Å². The minimum Gasteiger partial charge on any atom is -0.478 e. The van der Waals surface area contributed by atoms with Crippen molar-refractivity contribution in [3.05, 3.63) is 46.6 Å². The van der Waals surface area contributed by atoms with E-state index >= 15 is 0 Å². The molecule has 1 heterocycles. The number of ether oxygens (including phenoxy) is 1. The summed E-state index contributed by atoms with van der Waals surface area (Å²) in [5.41, 5.74) is 1.95. The molecule has 0 aliphatic heterocycles. The van der Waals surface area contributed by atoms with Crippen LogP contribution in [0.5, 0.6) is 5.88 Å². The SMILES string of the molecule is CCOc1cc(C)nc(NCc2cccc(Cl)c2)n1. The van der Waals surface area contributed by atoms with E-state index in [4.69, 9.17) is 16.3 Å². The van der Waals surface area contributed by atoms with Crippen LogP contribution in [-0.2, 0) is 6.54 Å². The molecule has 0 amide bonds. The van der Waals surface area contributed by atoms with Gasteiger partial charge in [-0.3, -0.25) is 0 Å². The summed E-state index contributed by atoms with van der Waals surface area (Å²) in [4.78, 5) is 8.60. The van der Waals surface area contributed by atoms with Crippen LogP contribution in [0.2, 0.25) is 5.02 Å². The van der Waals surface area contributed by atoms with Gasteiger partial charge in [-0.2, -0.15) is 4.98 Å². The Morgan fingerprint density at radius 3 is 2.84 bits per heavy atom. The zero-order valence-corrected chi connectivity index (χ0v) is 11.7. The molecule has 0 spiro atoms. The third-order valence-electron chi connectivity index (χ3n) is 2.46. The molecule has 2 rings (SSSR count). The Morgan fingerprint density at radius 1 is 1.26 bits per heavy atom. The van der Waals surface area contributed by atoms with Crippen molar-refractivity contribution in [2.45, 2.75) is 20.4 Å². The second-order valence-electron chi connectivity index (χ2n) is 4.09. The Morgan fingerprint density at radius 2 is 2.11 bits per heavy atom. The second-order valence-corrected chi connectivity index (χ2v) is 4.52. The topological polar surface area (TPSA) is 47.0 Å². The quantitative estimate of drug-likeness (QED) is 0.909. The lowest BCUT2D eigenvalue weighted by molar-refractivity contribution is 0.326. The van der Waals surface area contributed by atoms with Gasteiger partial charge in [0.05, 0.1) is 6.61 Å². The number of hydrogen-bond donors (Lipinski definition) is 1. The van der Waals surface area contributed by atoms with Crippen molar-refractivity contribution >= 4 is 17.5 Å². The smallest absolute Gasteiger partial charge is 0.226 e. The van der Waals surface area contributed by atoms with E-state index in [1.807, 2.05) is 44.2 Å². The highest BCUT2D eigenvalue weighted by atomic mass is 35.5. The molecule has 0 saturated heterocycles. The Kier molecular flexibility index (Phi) is 4.58. The first-order valence-corrected chi connectivity index (χ1v) is 6.52. The highest BCUT2D eigenvalue weighted by Crippen LogP contribution is 2.14. The van der Waals surface area contributed by atoms with Gasteiger partial charge in [-0.1, -0.05) is 23.7 Å². The van der Waals surface area contributed by atoms with Crippen molar-refractivity contribution in [2.75, 3.05) is 11.9 Å². The van der Waals surface area contributed by atoms with E-state index in [2.05, 4.69) is 15.3 Å². The number of rotatable bonds is 5. The molecule has 0 radical (unpaired) electrons. The summed E-state index contributed by atoms with van der Waals surface area (Å²) in [5.74, 6) is 1.15. The van der Waals surface area contributed by atoms with Crippen molar-refractivity contribution in [3.8, 4) is 5.88 Å². The summed E-state index contributed by atoms with van der Waals surface area (Å²) in [6.45, 7) is 5.05. The molecule has 2 aromatic rings. The number of nitrogens with zero attached hydrogens (tertiary/aromatic N) is 2. The maximum Gasteiger partial charge on any atom is 0.226 e. The van der Waals surface area contributed by atoms with Crippen LogP contribution in [0.3, 0.4) is 0 Å². The molecule has 0 saturated carbocycles. The van der Waals surface area contributed by atoms with Crippen LogP contribution in [0.1, 0.15) is 18.2 Å². The standard InChI is InChI=1S/C14H16ClN3O/c1-3-19-13-7-10(2)17-14(18-13)16-9-11-5-4-6-12(15)8-11/h4-8H,3,9H2,1-2H3,(H,16,17,18). The van der Waals surface area contributed by atoms with E-state index in [0.717, 1.165) is 16.3 Å². The fourth-order valence-electron chi connectivity index (χ4n) is 1.67. The van der Waals surface area contributed by atoms with Crippen LogP contribution in [0.15, 0.2) is 30.3 Å². The van der Waals surface area contributed by atoms with Crippen molar-refractivity contribution in [1.82, 2.24) is 9.97 Å². The van der Waals surface area contributed by atoms with Gasteiger partial charge in [0.1, 0.15) is 0 Å². The molecule has 1 aromatic carbocycles. The first-order chi connectivity index (χ1) is 9.17. The molecule has 5 heteroatoms. The molecule has 0 unspecified atom stereocenters. The predicted octanol–water partition coefficient (Wildman–Crippen LogP) is 3.45. The first-order valence-electron chi connectivity index (χ1n) is 6.14. The molecule has 1 aromatic heterocycles. The predicted molar refractivity (Wildman–Crippen MR) is 76.7 cm³/mol. The molecule has 19 heavy (non-hydrogen) atoms. The minimum atomic E-state index is 0.559. The summed E-state index contributed by atoms with van der Waals surface area (Å²) < 4.78 is 5.39. The van der Waals surface area contributed by atoms with Gasteiger partial charge in [-0.05, 0) is 31.5 Å². The average molecular weight is 278 g/mol. The van der Waals surface area contributed by atoms with E-state index in [-0.39, 0.29) is 0 Å². The molecule has 0 aliphatic carbocycles. The number of aryl methyl sites for hydroxylation is 1. The molecule has 0 bridgehead atoms. The van der Waals surface area contributed by atoms with Gasteiger partial charge in [0.15, 0.2) is 0 Å². The fraction of sp³-hybridized carbons (Fsp3) is 0.286. The molecule has 0 fully saturated rings. The lowest BCUT2D eigenvalue weighted by Crippen LogP contribution is -2.06. The fourth-order valence-corrected chi connectivity index (χ4v) is 1.88. The summed E-state index contributed by atoms with van der Waals surface area (Å²) in [7, 11) is 0. The molecular formula is C14H16ClN3O. The number of halogens is 1. The largest absolute Gasteiger partial charge is 0.478 e. The Hall–Kier alpha value is -1.81. The highest BCUT2D eigenvalue weighted by Gasteiger charge is 2.03. The minimum absolute atomic E-state index is 0.559. The number of nitrogens with one attached hydrogen (secondary N) is 1. The van der Waals surface area contributed by atoms with Gasteiger partial charge < -0.3 is 10.1 Å². The van der Waals surface area contributed by atoms with Gasteiger partial charge in [-0.15, -0.1) is 0 Å². The molecule has 0 aliphatic rings. The molecule has 4 nitrogen and oxygen atoms in total. The Bertz CT molecular complexity index is 560. The summed E-state index contributed by atoms with van der Waals surface area (Å²) in [6, 6.07) is 9.49. The Labute approximate surface area is 117 Å². The number of benzene rings is 1. The zero-order valence-electron chi connectivity index (χ0n) is 11.0. The molecule has 100 valence electrons. The average Bonchev–Trinajstić information content (AvgIpc) is 2.36. The van der Waals surface area contributed by atoms with Crippen LogP contribution < -0.4 is 10.1 Å². The lowest BCUT2D eigenvalue weighted by Gasteiger charge is -2.08.